The average molecular weight is 316 g/mol. The molecule has 0 aliphatic carbocycles. The molecule has 0 saturated heterocycles. The zero-order valence-corrected chi connectivity index (χ0v) is 12.7. The molecule has 2 heterocycles. The Morgan fingerprint density at radius 1 is 1.00 bits per heavy atom. The molecule has 0 aliphatic rings. The van der Waals surface area contributed by atoms with E-state index >= 15 is 0 Å². The Hall–Kier alpha value is -1.68. The van der Waals surface area contributed by atoms with Crippen molar-refractivity contribution in [2.75, 3.05) is 0 Å². The van der Waals surface area contributed by atoms with Gasteiger partial charge in [0, 0.05) is 24.2 Å². The average Bonchev–Trinajstić information content (AvgIpc) is 2.76. The van der Waals surface area contributed by atoms with Crippen LogP contribution < -0.4 is 0 Å². The maximum Gasteiger partial charge on any atom is 0.234 e. The van der Waals surface area contributed by atoms with Gasteiger partial charge in [-0.1, -0.05) is 6.07 Å². The van der Waals surface area contributed by atoms with Gasteiger partial charge in [-0.25, -0.2) is 9.97 Å². The van der Waals surface area contributed by atoms with E-state index in [4.69, 9.17) is 0 Å². The first kappa shape index (κ1) is 12.4. The maximum absolute atomic E-state index is 4.59. The maximum atomic E-state index is 4.59. The van der Waals surface area contributed by atoms with Crippen LogP contribution in [-0.4, -0.2) is 14.4 Å². The highest BCUT2D eigenvalue weighted by Gasteiger charge is 2.09. The minimum atomic E-state index is 0.718. The number of rotatable bonds is 1. The Kier molecular flexibility index (Phi) is 2.90. The Labute approximate surface area is 120 Å². The molecule has 0 fully saturated rings. The van der Waals surface area contributed by atoms with E-state index < -0.39 is 0 Å². The number of hydrogen-bond acceptors (Lipinski definition) is 2. The first-order valence-corrected chi connectivity index (χ1v) is 6.92. The molecular weight excluding hydrogens is 302 g/mol. The molecule has 1 aromatic carbocycles. The predicted molar refractivity (Wildman–Crippen MR) is 80.3 cm³/mol. The minimum absolute atomic E-state index is 0.718. The summed E-state index contributed by atoms with van der Waals surface area (Å²) in [7, 11) is 0. The van der Waals surface area contributed by atoms with Gasteiger partial charge in [-0.2, -0.15) is 0 Å². The molecule has 0 bridgehead atoms. The van der Waals surface area contributed by atoms with Gasteiger partial charge in [-0.15, -0.1) is 0 Å². The molecule has 0 aliphatic heterocycles. The van der Waals surface area contributed by atoms with Crippen LogP contribution in [0.25, 0.3) is 17.0 Å². The fourth-order valence-electron chi connectivity index (χ4n) is 2.23. The molecule has 0 radical (unpaired) electrons. The molecule has 0 N–H and O–H groups in total. The fraction of sp³-hybridized carbons (Fsp3) is 0.200. The van der Waals surface area contributed by atoms with E-state index in [0.29, 0.717) is 0 Å². The summed E-state index contributed by atoms with van der Waals surface area (Å²) in [6, 6.07) is 4.40. The topological polar surface area (TPSA) is 30.2 Å². The monoisotopic (exact) mass is 315 g/mol. The molecule has 3 rings (SSSR count). The molecule has 19 heavy (non-hydrogen) atoms. The number of aryl methyl sites for hydroxylation is 3. The molecule has 96 valence electrons. The van der Waals surface area contributed by atoms with Gasteiger partial charge < -0.3 is 0 Å². The van der Waals surface area contributed by atoms with Crippen LogP contribution in [0.1, 0.15) is 16.7 Å². The molecule has 4 heteroatoms. The van der Waals surface area contributed by atoms with Gasteiger partial charge in [0.1, 0.15) is 0 Å². The Morgan fingerprint density at radius 3 is 2.53 bits per heavy atom. The molecule has 0 amide bonds. The summed E-state index contributed by atoms with van der Waals surface area (Å²) in [6.07, 6.45) is 5.75. The van der Waals surface area contributed by atoms with E-state index in [1.54, 1.807) is 6.20 Å². The number of halogens is 1. The van der Waals surface area contributed by atoms with E-state index in [0.717, 1.165) is 15.9 Å². The van der Waals surface area contributed by atoms with Crippen LogP contribution in [0.3, 0.4) is 0 Å². The van der Waals surface area contributed by atoms with Crippen molar-refractivity contribution < 1.29 is 0 Å². The zero-order valence-electron chi connectivity index (χ0n) is 11.1. The van der Waals surface area contributed by atoms with E-state index in [2.05, 4.69) is 58.8 Å². The smallest absolute Gasteiger partial charge is 0.234 e. The predicted octanol–water partition coefficient (Wildman–Crippen LogP) is 4.08. The highest BCUT2D eigenvalue weighted by Crippen LogP contribution is 2.26. The highest BCUT2D eigenvalue weighted by atomic mass is 79.9. The number of benzene rings is 1. The minimum Gasteiger partial charge on any atom is -0.289 e. The van der Waals surface area contributed by atoms with Crippen LogP contribution in [0.15, 0.2) is 35.2 Å². The van der Waals surface area contributed by atoms with Crippen molar-refractivity contribution in [3.05, 3.63) is 51.9 Å². The van der Waals surface area contributed by atoms with Gasteiger partial charge in [0.15, 0.2) is 0 Å². The van der Waals surface area contributed by atoms with Crippen molar-refractivity contribution in [3.8, 4) is 11.3 Å². The summed E-state index contributed by atoms with van der Waals surface area (Å²) in [5.41, 5.74) is 5.97. The first-order chi connectivity index (χ1) is 9.04. The van der Waals surface area contributed by atoms with Gasteiger partial charge >= 0.3 is 0 Å². The second-order valence-electron chi connectivity index (χ2n) is 4.86. The van der Waals surface area contributed by atoms with Crippen LogP contribution in [0.5, 0.6) is 0 Å². The third-order valence-electron chi connectivity index (χ3n) is 3.40. The van der Waals surface area contributed by atoms with Crippen LogP contribution in [-0.2, 0) is 0 Å². The largest absolute Gasteiger partial charge is 0.289 e. The summed E-state index contributed by atoms with van der Waals surface area (Å²) >= 11 is 3.42. The van der Waals surface area contributed by atoms with Crippen molar-refractivity contribution in [2.24, 2.45) is 0 Å². The summed E-state index contributed by atoms with van der Waals surface area (Å²) in [6.45, 7) is 6.38. The van der Waals surface area contributed by atoms with E-state index in [1.165, 1.54) is 22.3 Å². The molecule has 0 atom stereocenters. The molecular formula is C15H14BrN3. The fourth-order valence-corrected chi connectivity index (χ4v) is 2.55. The lowest BCUT2D eigenvalue weighted by molar-refractivity contribution is 1.10. The second kappa shape index (κ2) is 4.46. The van der Waals surface area contributed by atoms with Gasteiger partial charge in [-0.3, -0.25) is 4.40 Å². The van der Waals surface area contributed by atoms with Gasteiger partial charge in [-0.05, 0) is 59.5 Å². The first-order valence-electron chi connectivity index (χ1n) is 6.13. The molecule has 3 aromatic rings. The number of aromatic nitrogens is 3. The Balaban J connectivity index is 2.21. The number of nitrogens with zero attached hydrogens (tertiary/aromatic N) is 3. The van der Waals surface area contributed by atoms with Gasteiger partial charge in [0.2, 0.25) is 5.78 Å². The normalized spacial score (nSPS) is 11.2. The number of fused-ring (bicyclic) bond motifs is 1. The Bertz CT molecular complexity index is 774. The summed E-state index contributed by atoms with van der Waals surface area (Å²) in [5.74, 6) is 0.718. The van der Waals surface area contributed by atoms with Crippen molar-refractivity contribution >= 4 is 21.7 Å². The third-order valence-corrected chi connectivity index (χ3v) is 3.80. The molecule has 3 nitrogen and oxygen atoms in total. The van der Waals surface area contributed by atoms with E-state index in [-0.39, 0.29) is 0 Å². The lowest BCUT2D eigenvalue weighted by Crippen LogP contribution is -1.88. The second-order valence-corrected chi connectivity index (χ2v) is 5.77. The van der Waals surface area contributed by atoms with E-state index in [1.807, 2.05) is 16.8 Å². The molecule has 0 spiro atoms. The Morgan fingerprint density at radius 2 is 1.74 bits per heavy atom. The van der Waals surface area contributed by atoms with E-state index in [9.17, 15) is 0 Å². The van der Waals surface area contributed by atoms with Gasteiger partial charge in [0.25, 0.3) is 0 Å². The third kappa shape index (κ3) is 2.16. The zero-order chi connectivity index (χ0) is 13.6. The molecule has 0 saturated carbocycles. The number of imidazole rings is 1. The highest BCUT2D eigenvalue weighted by molar-refractivity contribution is 9.10. The lowest BCUT2D eigenvalue weighted by atomic mass is 9.99. The standard InChI is InChI=1S/C15H14BrN3/c1-9-4-11(3)13(5-10(9)2)14-8-19-7-12(16)6-17-15(19)18-14/h4-8H,1-3H3. The van der Waals surface area contributed by atoms with Crippen LogP contribution in [0.2, 0.25) is 0 Å². The quantitative estimate of drug-likeness (QED) is 0.677. The van der Waals surface area contributed by atoms with Crippen molar-refractivity contribution in [1.29, 1.82) is 0 Å². The van der Waals surface area contributed by atoms with Crippen molar-refractivity contribution in [1.82, 2.24) is 14.4 Å². The van der Waals surface area contributed by atoms with Crippen LogP contribution >= 0.6 is 15.9 Å². The van der Waals surface area contributed by atoms with Crippen LogP contribution in [0, 0.1) is 20.8 Å². The van der Waals surface area contributed by atoms with Crippen LogP contribution in [0.4, 0.5) is 0 Å². The van der Waals surface area contributed by atoms with Gasteiger partial charge in [0.05, 0.1) is 10.2 Å². The lowest BCUT2D eigenvalue weighted by Gasteiger charge is -2.07. The summed E-state index contributed by atoms with van der Waals surface area (Å²) in [4.78, 5) is 8.89. The number of hydrogen-bond donors (Lipinski definition) is 0. The van der Waals surface area contributed by atoms with Crippen molar-refractivity contribution in [2.45, 2.75) is 20.8 Å². The molecule has 2 aromatic heterocycles. The summed E-state index contributed by atoms with van der Waals surface area (Å²) in [5, 5.41) is 0. The van der Waals surface area contributed by atoms with Crippen molar-refractivity contribution in [3.63, 3.8) is 0 Å². The summed E-state index contributed by atoms with van der Waals surface area (Å²) < 4.78 is 2.88. The molecule has 0 unspecified atom stereocenters. The SMILES string of the molecule is Cc1cc(C)c(-c2cn3cc(Br)cnc3n2)cc1C.